The molecule has 1 heterocycles. The van der Waals surface area contributed by atoms with E-state index in [1.54, 1.807) is 34.1 Å². The van der Waals surface area contributed by atoms with Gasteiger partial charge in [0.25, 0.3) is 0 Å². The van der Waals surface area contributed by atoms with Crippen molar-refractivity contribution in [2.75, 3.05) is 20.8 Å². The fourth-order valence-electron chi connectivity index (χ4n) is 5.06. The van der Waals surface area contributed by atoms with Gasteiger partial charge in [0.05, 0.1) is 25.8 Å². The number of hydrogen-bond acceptors (Lipinski definition) is 6. The third-order valence-corrected chi connectivity index (χ3v) is 9.99. The molecule has 0 N–H and O–H groups in total. The maximum Gasteiger partial charge on any atom is 0.246 e. The first-order valence-corrected chi connectivity index (χ1v) is 14.3. The summed E-state index contributed by atoms with van der Waals surface area (Å²) in [7, 11) is -0.297. The van der Waals surface area contributed by atoms with Crippen LogP contribution < -0.4 is 39.6 Å². The van der Waals surface area contributed by atoms with Crippen LogP contribution in [0.5, 0.6) is 28.7 Å². The Hall–Kier alpha value is -2.82. The first kappa shape index (κ1) is 27.2. The number of benzene rings is 3. The van der Waals surface area contributed by atoms with Gasteiger partial charge in [-0.1, -0.05) is 11.6 Å². The largest absolute Gasteiger partial charge is 0.496 e. The van der Waals surface area contributed by atoms with Gasteiger partial charge in [-0.15, -0.1) is 0 Å². The summed E-state index contributed by atoms with van der Waals surface area (Å²) in [6.07, 6.45) is 0. The number of hydrogen-bond donors (Lipinski definition) is 0. The Kier molecular flexibility index (Phi) is 7.22. The Bertz CT molecular complexity index is 1320. The monoisotopic (exact) mass is 544 g/mol. The summed E-state index contributed by atoms with van der Waals surface area (Å²) in [4.78, 5) is 0. The van der Waals surface area contributed by atoms with E-state index in [4.69, 9.17) is 35.3 Å². The van der Waals surface area contributed by atoms with Crippen LogP contribution in [0, 0.1) is 27.7 Å². The van der Waals surface area contributed by atoms with Gasteiger partial charge in [-0.25, -0.2) is 0 Å². The lowest BCUT2D eigenvalue weighted by molar-refractivity contribution is -0.0440. The molecule has 0 unspecified atom stereocenters. The Morgan fingerprint density at radius 1 is 0.811 bits per heavy atom. The van der Waals surface area contributed by atoms with Crippen molar-refractivity contribution >= 4 is 34.7 Å². The van der Waals surface area contributed by atoms with Crippen LogP contribution in [0.4, 0.5) is 0 Å². The first-order valence-electron chi connectivity index (χ1n) is 12.2. The molecule has 8 heteroatoms. The second kappa shape index (κ2) is 9.81. The van der Waals surface area contributed by atoms with E-state index in [2.05, 4.69) is 0 Å². The minimum Gasteiger partial charge on any atom is -0.496 e. The molecule has 3 aromatic carbocycles. The molecule has 0 amide bonds. The SMILES string of the molecule is CCOc1cc(P(=O)(c2cc(C)c(OC)c(C)c2)c2cc(C)c(OC)c(C)c2)c(Cl)c2c1OC(C)(C)O2. The average Bonchev–Trinajstić information content (AvgIpc) is 3.16. The maximum atomic E-state index is 15.6. The number of ether oxygens (including phenoxy) is 5. The summed E-state index contributed by atoms with van der Waals surface area (Å²) < 4.78 is 44.9. The predicted octanol–water partition coefficient (Wildman–Crippen LogP) is 6.14. The molecular formula is C29H34ClO6P. The van der Waals surface area contributed by atoms with Crippen molar-refractivity contribution < 1.29 is 28.2 Å². The zero-order valence-electron chi connectivity index (χ0n) is 22.9. The molecule has 0 saturated carbocycles. The van der Waals surface area contributed by atoms with E-state index < -0.39 is 12.9 Å². The first-order chi connectivity index (χ1) is 17.4. The molecule has 0 fully saturated rings. The second-order valence-corrected chi connectivity index (χ2v) is 12.8. The molecule has 4 rings (SSSR count). The summed E-state index contributed by atoms with van der Waals surface area (Å²) in [6, 6.07) is 9.37. The molecule has 0 aliphatic carbocycles. The van der Waals surface area contributed by atoms with Crippen LogP contribution >= 0.6 is 18.7 Å². The molecule has 198 valence electrons. The van der Waals surface area contributed by atoms with Gasteiger partial charge in [-0.3, -0.25) is 0 Å². The van der Waals surface area contributed by atoms with E-state index in [1.165, 1.54) is 0 Å². The summed E-state index contributed by atoms with van der Waals surface area (Å²) in [6.45, 7) is 13.6. The van der Waals surface area contributed by atoms with Crippen LogP contribution in [-0.2, 0) is 4.57 Å². The predicted molar refractivity (Wildman–Crippen MR) is 149 cm³/mol. The third kappa shape index (κ3) is 4.55. The molecule has 1 aliphatic rings. The lowest BCUT2D eigenvalue weighted by Crippen LogP contribution is -2.30. The Labute approximate surface area is 224 Å². The fraction of sp³-hybridized carbons (Fsp3) is 0.379. The number of methoxy groups -OCH3 is 2. The number of rotatable bonds is 7. The van der Waals surface area contributed by atoms with Gasteiger partial charge in [-0.2, -0.15) is 0 Å². The van der Waals surface area contributed by atoms with Gasteiger partial charge in [-0.05, 0) is 87.2 Å². The molecule has 37 heavy (non-hydrogen) atoms. The lowest BCUT2D eigenvalue weighted by Gasteiger charge is -2.25. The van der Waals surface area contributed by atoms with Crippen molar-refractivity contribution in [1.82, 2.24) is 0 Å². The zero-order chi connectivity index (χ0) is 27.3. The highest BCUT2D eigenvalue weighted by atomic mass is 35.5. The minimum atomic E-state index is -3.57. The molecule has 0 bridgehead atoms. The summed E-state index contributed by atoms with van der Waals surface area (Å²) in [5, 5.41) is 1.93. The molecule has 1 aliphatic heterocycles. The van der Waals surface area contributed by atoms with Gasteiger partial charge in [0, 0.05) is 29.8 Å². The van der Waals surface area contributed by atoms with Crippen LogP contribution in [0.25, 0.3) is 0 Å². The standard InChI is InChI=1S/C29H34ClO6P/c1-10-34-22-15-23(24(30)28-27(22)35-29(6,7)36-28)37(31,20-11-16(2)25(32-8)17(3)12-20)21-13-18(4)26(33-9)19(5)14-21/h11-15H,10H2,1-9H3. The van der Waals surface area contributed by atoms with Crippen LogP contribution in [0.1, 0.15) is 43.0 Å². The molecule has 0 saturated heterocycles. The molecule has 0 atom stereocenters. The Balaban J connectivity index is 2.12. The average molecular weight is 545 g/mol. The lowest BCUT2D eigenvalue weighted by atomic mass is 10.1. The van der Waals surface area contributed by atoms with E-state index >= 15 is 4.57 Å². The zero-order valence-corrected chi connectivity index (χ0v) is 24.5. The van der Waals surface area contributed by atoms with E-state index in [9.17, 15) is 0 Å². The van der Waals surface area contributed by atoms with E-state index in [0.717, 1.165) is 33.8 Å². The van der Waals surface area contributed by atoms with E-state index in [1.807, 2.05) is 58.9 Å². The maximum absolute atomic E-state index is 15.6. The molecule has 0 spiro atoms. The van der Waals surface area contributed by atoms with Gasteiger partial charge < -0.3 is 28.2 Å². The van der Waals surface area contributed by atoms with E-state index in [-0.39, 0.29) is 5.02 Å². The van der Waals surface area contributed by atoms with Crippen molar-refractivity contribution in [3.05, 3.63) is 57.6 Å². The van der Waals surface area contributed by atoms with E-state index in [0.29, 0.717) is 39.8 Å². The van der Waals surface area contributed by atoms with Gasteiger partial charge >= 0.3 is 0 Å². The summed E-state index contributed by atoms with van der Waals surface area (Å²) >= 11 is 7.03. The van der Waals surface area contributed by atoms with Crippen molar-refractivity contribution in [2.45, 2.75) is 54.3 Å². The van der Waals surface area contributed by atoms with Crippen LogP contribution in [0.2, 0.25) is 5.02 Å². The minimum absolute atomic E-state index is 0.240. The van der Waals surface area contributed by atoms with Crippen LogP contribution in [0.15, 0.2) is 30.3 Å². The van der Waals surface area contributed by atoms with Crippen LogP contribution in [0.3, 0.4) is 0 Å². The van der Waals surface area contributed by atoms with Gasteiger partial charge in [0.15, 0.2) is 18.6 Å². The highest BCUT2D eigenvalue weighted by molar-refractivity contribution is 7.85. The highest BCUT2D eigenvalue weighted by Crippen LogP contribution is 2.55. The third-order valence-electron chi connectivity index (χ3n) is 6.48. The number of fused-ring (bicyclic) bond motifs is 1. The summed E-state index contributed by atoms with van der Waals surface area (Å²) in [5.74, 6) is 1.75. The highest BCUT2D eigenvalue weighted by Gasteiger charge is 2.42. The van der Waals surface area contributed by atoms with Gasteiger partial charge in [0.1, 0.15) is 11.5 Å². The molecule has 0 radical (unpaired) electrons. The Morgan fingerprint density at radius 3 is 1.65 bits per heavy atom. The Morgan fingerprint density at radius 2 is 1.24 bits per heavy atom. The second-order valence-electron chi connectivity index (χ2n) is 9.74. The van der Waals surface area contributed by atoms with Crippen LogP contribution in [-0.4, -0.2) is 26.6 Å². The fourth-order valence-corrected chi connectivity index (χ4v) is 8.63. The smallest absolute Gasteiger partial charge is 0.246 e. The summed E-state index contributed by atoms with van der Waals surface area (Å²) in [5.41, 5.74) is 3.51. The van der Waals surface area contributed by atoms with Crippen molar-refractivity contribution in [1.29, 1.82) is 0 Å². The van der Waals surface area contributed by atoms with Crippen molar-refractivity contribution in [3.63, 3.8) is 0 Å². The quantitative estimate of drug-likeness (QED) is 0.333. The normalized spacial score (nSPS) is 14.0. The number of halogens is 1. The topological polar surface area (TPSA) is 63.2 Å². The molecule has 6 nitrogen and oxygen atoms in total. The van der Waals surface area contributed by atoms with Crippen molar-refractivity contribution in [3.8, 4) is 28.7 Å². The molecule has 0 aromatic heterocycles. The molecular weight excluding hydrogens is 511 g/mol. The number of aryl methyl sites for hydroxylation is 4. The van der Waals surface area contributed by atoms with Crippen molar-refractivity contribution in [2.24, 2.45) is 0 Å². The van der Waals surface area contributed by atoms with Gasteiger partial charge in [0.2, 0.25) is 11.5 Å². The molecule has 3 aromatic rings.